The number of hydrogen-bond acceptors (Lipinski definition) is 3. The van der Waals surface area contributed by atoms with Gasteiger partial charge in [-0.1, -0.05) is 20.8 Å². The fraction of sp³-hybridized carbons (Fsp3) is 0.632. The molecular weight excluding hydrogens is 318 g/mol. The predicted molar refractivity (Wildman–Crippen MR) is 103 cm³/mol. The van der Waals surface area contributed by atoms with Gasteiger partial charge < -0.3 is 14.1 Å². The van der Waals surface area contributed by atoms with Crippen molar-refractivity contribution in [3.63, 3.8) is 0 Å². The lowest BCUT2D eigenvalue weighted by Gasteiger charge is -2.36. The van der Waals surface area contributed by atoms with E-state index in [0.29, 0.717) is 31.0 Å². The average molecular weight is 352 g/mol. The standard InChI is InChI=1S/C19H33NO3Si/c1-9-20(10-2)18(21)16-13-12-15(14-17(16)22-11-3)23-24(7,8)19(4,5)6/h12-14H,9-11H2,1-8H3. The molecule has 136 valence electrons. The molecule has 0 saturated heterocycles. The van der Waals surface area contributed by atoms with Crippen LogP contribution in [0.1, 0.15) is 51.9 Å². The molecule has 0 aliphatic carbocycles. The molecule has 24 heavy (non-hydrogen) atoms. The van der Waals surface area contributed by atoms with Crippen LogP contribution in [0, 0.1) is 0 Å². The topological polar surface area (TPSA) is 38.8 Å². The highest BCUT2D eigenvalue weighted by Gasteiger charge is 2.39. The lowest BCUT2D eigenvalue weighted by atomic mass is 10.1. The molecule has 0 heterocycles. The normalized spacial score (nSPS) is 12.0. The van der Waals surface area contributed by atoms with Crippen molar-refractivity contribution in [2.45, 2.75) is 59.7 Å². The van der Waals surface area contributed by atoms with Gasteiger partial charge in [-0.3, -0.25) is 4.79 Å². The van der Waals surface area contributed by atoms with Gasteiger partial charge in [-0.2, -0.15) is 0 Å². The summed E-state index contributed by atoms with van der Waals surface area (Å²) in [4.78, 5) is 14.5. The van der Waals surface area contributed by atoms with E-state index in [1.165, 1.54) is 0 Å². The number of rotatable bonds is 7. The molecule has 0 saturated carbocycles. The zero-order chi connectivity index (χ0) is 18.5. The maximum absolute atomic E-state index is 12.7. The molecule has 4 nitrogen and oxygen atoms in total. The van der Waals surface area contributed by atoms with Crippen molar-refractivity contribution in [3.05, 3.63) is 23.8 Å². The highest BCUT2D eigenvalue weighted by molar-refractivity contribution is 6.74. The Labute approximate surface area is 148 Å². The van der Waals surface area contributed by atoms with Gasteiger partial charge in [0.05, 0.1) is 12.2 Å². The quantitative estimate of drug-likeness (QED) is 0.652. The molecule has 5 heteroatoms. The average Bonchev–Trinajstić information content (AvgIpc) is 2.47. The first-order valence-electron chi connectivity index (χ1n) is 8.82. The number of ether oxygens (including phenoxy) is 1. The van der Waals surface area contributed by atoms with E-state index in [-0.39, 0.29) is 10.9 Å². The molecule has 0 N–H and O–H groups in total. The number of benzene rings is 1. The van der Waals surface area contributed by atoms with Crippen LogP contribution in [0.3, 0.4) is 0 Å². The molecule has 0 unspecified atom stereocenters. The van der Waals surface area contributed by atoms with E-state index < -0.39 is 8.32 Å². The third-order valence-corrected chi connectivity index (χ3v) is 9.07. The van der Waals surface area contributed by atoms with Gasteiger partial charge >= 0.3 is 0 Å². The summed E-state index contributed by atoms with van der Waals surface area (Å²) in [5, 5.41) is 0.120. The molecule has 1 amide bonds. The van der Waals surface area contributed by atoms with Gasteiger partial charge in [0.25, 0.3) is 5.91 Å². The maximum atomic E-state index is 12.7. The monoisotopic (exact) mass is 351 g/mol. The Balaban J connectivity index is 3.18. The zero-order valence-electron chi connectivity index (χ0n) is 16.5. The molecule has 0 fully saturated rings. The fourth-order valence-corrected chi connectivity index (χ4v) is 3.17. The van der Waals surface area contributed by atoms with Gasteiger partial charge in [0.2, 0.25) is 8.32 Å². The van der Waals surface area contributed by atoms with E-state index in [9.17, 15) is 4.79 Å². The molecule has 0 spiro atoms. The molecule has 0 aromatic heterocycles. The molecule has 0 bridgehead atoms. The van der Waals surface area contributed by atoms with Gasteiger partial charge in [-0.15, -0.1) is 0 Å². The Hall–Kier alpha value is -1.49. The first-order valence-corrected chi connectivity index (χ1v) is 11.7. The minimum Gasteiger partial charge on any atom is -0.543 e. The summed E-state index contributed by atoms with van der Waals surface area (Å²) in [6.07, 6.45) is 0. The molecule has 1 rings (SSSR count). The predicted octanol–water partition coefficient (Wildman–Crippen LogP) is 4.95. The maximum Gasteiger partial charge on any atom is 0.257 e. The Morgan fingerprint density at radius 3 is 2.17 bits per heavy atom. The third kappa shape index (κ3) is 4.76. The van der Waals surface area contributed by atoms with Crippen LogP contribution in [0.15, 0.2) is 18.2 Å². The van der Waals surface area contributed by atoms with Crippen molar-refractivity contribution in [3.8, 4) is 11.5 Å². The summed E-state index contributed by atoms with van der Waals surface area (Å²) < 4.78 is 12.1. The number of amides is 1. The van der Waals surface area contributed by atoms with Crippen molar-refractivity contribution in [2.75, 3.05) is 19.7 Å². The molecule has 0 aliphatic rings. The van der Waals surface area contributed by atoms with E-state index in [2.05, 4.69) is 33.9 Å². The van der Waals surface area contributed by atoms with E-state index in [1.807, 2.05) is 39.0 Å². The number of carbonyl (C=O) groups excluding carboxylic acids is 1. The van der Waals surface area contributed by atoms with E-state index in [1.54, 1.807) is 4.90 Å². The summed E-state index contributed by atoms with van der Waals surface area (Å²) in [6.45, 7) is 18.8. The second-order valence-corrected chi connectivity index (χ2v) is 12.2. The second-order valence-electron chi connectivity index (χ2n) is 7.43. The minimum atomic E-state index is -1.92. The van der Waals surface area contributed by atoms with Gasteiger partial charge in [0.15, 0.2) is 0 Å². The summed E-state index contributed by atoms with van der Waals surface area (Å²) in [7, 11) is -1.92. The summed E-state index contributed by atoms with van der Waals surface area (Å²) in [6, 6.07) is 5.58. The van der Waals surface area contributed by atoms with E-state index in [0.717, 1.165) is 5.75 Å². The van der Waals surface area contributed by atoms with E-state index >= 15 is 0 Å². The molecule has 1 aromatic rings. The van der Waals surface area contributed by atoms with Crippen LogP contribution >= 0.6 is 0 Å². The van der Waals surface area contributed by atoms with Crippen LogP contribution in [0.2, 0.25) is 18.1 Å². The van der Waals surface area contributed by atoms with Crippen LogP contribution < -0.4 is 9.16 Å². The number of hydrogen-bond donors (Lipinski definition) is 0. The SMILES string of the molecule is CCOc1cc(O[Si](C)(C)C(C)(C)C)ccc1C(=O)N(CC)CC. The van der Waals surface area contributed by atoms with Gasteiger partial charge in [-0.05, 0) is 51.0 Å². The largest absolute Gasteiger partial charge is 0.543 e. The minimum absolute atomic E-state index is 0.00215. The Morgan fingerprint density at radius 2 is 1.71 bits per heavy atom. The zero-order valence-corrected chi connectivity index (χ0v) is 17.5. The molecular formula is C19H33NO3Si. The van der Waals surface area contributed by atoms with Crippen molar-refractivity contribution in [1.29, 1.82) is 0 Å². The van der Waals surface area contributed by atoms with Crippen molar-refractivity contribution in [1.82, 2.24) is 4.90 Å². The highest BCUT2D eigenvalue weighted by atomic mass is 28.4. The second kappa shape index (κ2) is 8.06. The van der Waals surface area contributed by atoms with Crippen molar-refractivity contribution in [2.24, 2.45) is 0 Å². The number of nitrogens with zero attached hydrogens (tertiary/aromatic N) is 1. The third-order valence-electron chi connectivity index (χ3n) is 4.71. The van der Waals surface area contributed by atoms with Crippen LogP contribution in [-0.2, 0) is 0 Å². The van der Waals surface area contributed by atoms with Gasteiger partial charge in [-0.25, -0.2) is 0 Å². The molecule has 0 radical (unpaired) electrons. The van der Waals surface area contributed by atoms with Crippen LogP contribution in [0.4, 0.5) is 0 Å². The smallest absolute Gasteiger partial charge is 0.257 e. The van der Waals surface area contributed by atoms with Gasteiger partial charge in [0, 0.05) is 19.2 Å². The lowest BCUT2D eigenvalue weighted by Crippen LogP contribution is -2.43. The van der Waals surface area contributed by atoms with Crippen LogP contribution in [-0.4, -0.2) is 38.8 Å². The summed E-state index contributed by atoms with van der Waals surface area (Å²) in [5.74, 6) is 1.38. The number of carbonyl (C=O) groups is 1. The molecule has 0 aliphatic heterocycles. The Kier molecular flexibility index (Phi) is 6.90. The fourth-order valence-electron chi connectivity index (χ4n) is 2.15. The van der Waals surface area contributed by atoms with Crippen molar-refractivity contribution < 1.29 is 14.0 Å². The first kappa shape index (κ1) is 20.6. The highest BCUT2D eigenvalue weighted by Crippen LogP contribution is 2.38. The first-order chi connectivity index (χ1) is 11.1. The summed E-state index contributed by atoms with van der Waals surface area (Å²) >= 11 is 0. The van der Waals surface area contributed by atoms with Crippen LogP contribution in [0.5, 0.6) is 11.5 Å². The lowest BCUT2D eigenvalue weighted by molar-refractivity contribution is 0.0769. The Bertz CT molecular complexity index is 560. The molecule has 0 atom stereocenters. The molecule has 1 aromatic carbocycles. The summed E-state index contributed by atoms with van der Waals surface area (Å²) in [5.41, 5.74) is 0.600. The van der Waals surface area contributed by atoms with E-state index in [4.69, 9.17) is 9.16 Å². The van der Waals surface area contributed by atoms with Gasteiger partial charge in [0.1, 0.15) is 11.5 Å². The van der Waals surface area contributed by atoms with Crippen molar-refractivity contribution >= 4 is 14.2 Å². The van der Waals surface area contributed by atoms with Crippen LogP contribution in [0.25, 0.3) is 0 Å². The Morgan fingerprint density at radius 1 is 1.12 bits per heavy atom.